The fourth-order valence-corrected chi connectivity index (χ4v) is 9.19. The van der Waals surface area contributed by atoms with Crippen molar-refractivity contribution in [2.24, 2.45) is 0 Å². The zero-order chi connectivity index (χ0) is 54.5. The standard InChI is InChI=1S/C64H113NO10/c1-3-5-7-9-11-13-31-36-40-44-48-52-60(69)73-53-49-45-41-37-33-30-28-26-24-22-20-18-16-14-15-17-19-21-23-25-27-29-32-35-39-43-47-51-59(68)65-56(57(67)50-46-42-38-34-12-10-8-6-4-2)55-74-64-63(72)62(71)61(70)58(54-66)75-64/h4,6,9,11-12,14-15,18,20,34,46,50,56-58,61-64,66-67,70-72H,3,5,7-8,10,13,16-17,19,21-33,35-45,47-49,51-55H2,1-2H3,(H,65,68)/b6-4+,11-9-,15-14-,20-18-,34-12+,50-46+. The molecule has 0 aliphatic carbocycles. The van der Waals surface area contributed by atoms with E-state index in [1.807, 2.05) is 19.1 Å². The Balaban J connectivity index is 2.00. The molecule has 1 heterocycles. The number of ether oxygens (including phenoxy) is 3. The molecule has 0 aromatic rings. The maximum absolute atomic E-state index is 13.0. The van der Waals surface area contributed by atoms with Gasteiger partial charge in [-0.05, 0) is 103 Å². The molecule has 1 fully saturated rings. The van der Waals surface area contributed by atoms with E-state index < -0.39 is 49.5 Å². The Bertz CT molecular complexity index is 1470. The number of aliphatic hydroxyl groups is 5. The van der Waals surface area contributed by atoms with Gasteiger partial charge in [0.25, 0.3) is 0 Å². The Labute approximate surface area is 458 Å². The summed E-state index contributed by atoms with van der Waals surface area (Å²) in [5, 5.41) is 54.1. The molecule has 434 valence electrons. The molecule has 1 saturated heterocycles. The minimum atomic E-state index is -1.58. The summed E-state index contributed by atoms with van der Waals surface area (Å²) in [4.78, 5) is 25.0. The van der Waals surface area contributed by atoms with Crippen molar-refractivity contribution in [2.45, 2.75) is 301 Å². The van der Waals surface area contributed by atoms with Crippen molar-refractivity contribution < 1.29 is 49.3 Å². The first kappa shape index (κ1) is 70.1. The number of allylic oxidation sites excluding steroid dienone is 11. The van der Waals surface area contributed by atoms with Crippen molar-refractivity contribution in [1.82, 2.24) is 5.32 Å². The van der Waals surface area contributed by atoms with Crippen molar-refractivity contribution in [3.8, 4) is 0 Å². The highest BCUT2D eigenvalue weighted by atomic mass is 16.7. The van der Waals surface area contributed by atoms with Gasteiger partial charge in [0, 0.05) is 12.8 Å². The molecule has 1 amide bonds. The topological polar surface area (TPSA) is 175 Å². The molecular formula is C64H113NO10. The zero-order valence-electron chi connectivity index (χ0n) is 47.7. The third-order valence-electron chi connectivity index (χ3n) is 14.1. The van der Waals surface area contributed by atoms with Gasteiger partial charge in [0.2, 0.25) is 5.91 Å². The minimum Gasteiger partial charge on any atom is -0.466 e. The number of esters is 1. The maximum atomic E-state index is 13.0. The van der Waals surface area contributed by atoms with E-state index in [1.54, 1.807) is 6.08 Å². The highest BCUT2D eigenvalue weighted by molar-refractivity contribution is 5.76. The smallest absolute Gasteiger partial charge is 0.305 e. The van der Waals surface area contributed by atoms with Crippen molar-refractivity contribution in [2.75, 3.05) is 19.8 Å². The Morgan fingerprint density at radius 2 is 0.960 bits per heavy atom. The fourth-order valence-electron chi connectivity index (χ4n) is 9.19. The lowest BCUT2D eigenvalue weighted by molar-refractivity contribution is -0.302. The van der Waals surface area contributed by atoms with Crippen LogP contribution in [0.4, 0.5) is 0 Å². The molecule has 0 aromatic carbocycles. The van der Waals surface area contributed by atoms with E-state index in [4.69, 9.17) is 14.2 Å². The molecule has 75 heavy (non-hydrogen) atoms. The van der Waals surface area contributed by atoms with E-state index in [-0.39, 0.29) is 18.5 Å². The number of nitrogens with one attached hydrogen (secondary N) is 1. The number of carbonyl (C=O) groups excluding carboxylic acids is 2. The van der Waals surface area contributed by atoms with Crippen molar-refractivity contribution in [3.05, 3.63) is 72.9 Å². The number of amides is 1. The quantitative estimate of drug-likeness (QED) is 0.0195. The number of hydrogen-bond acceptors (Lipinski definition) is 10. The van der Waals surface area contributed by atoms with Crippen molar-refractivity contribution >= 4 is 11.9 Å². The normalized spacial score (nSPS) is 19.3. The first-order chi connectivity index (χ1) is 36.7. The largest absolute Gasteiger partial charge is 0.466 e. The fraction of sp³-hybridized carbons (Fsp3) is 0.781. The van der Waals surface area contributed by atoms with Crippen LogP contribution in [0.2, 0.25) is 0 Å². The van der Waals surface area contributed by atoms with Crippen LogP contribution in [0.15, 0.2) is 72.9 Å². The molecular weight excluding hydrogens is 943 g/mol. The summed E-state index contributed by atoms with van der Waals surface area (Å²) < 4.78 is 16.6. The lowest BCUT2D eigenvalue weighted by atomic mass is 9.99. The number of hydrogen-bond donors (Lipinski definition) is 6. The predicted molar refractivity (Wildman–Crippen MR) is 310 cm³/mol. The number of carbonyl (C=O) groups is 2. The van der Waals surface area contributed by atoms with E-state index in [9.17, 15) is 35.1 Å². The van der Waals surface area contributed by atoms with Crippen molar-refractivity contribution in [1.29, 1.82) is 0 Å². The van der Waals surface area contributed by atoms with E-state index >= 15 is 0 Å². The molecule has 7 unspecified atom stereocenters. The van der Waals surface area contributed by atoms with E-state index in [0.717, 1.165) is 83.5 Å². The van der Waals surface area contributed by atoms with Crippen LogP contribution < -0.4 is 5.32 Å². The van der Waals surface area contributed by atoms with Crippen LogP contribution in [-0.2, 0) is 23.8 Å². The number of rotatable bonds is 52. The highest BCUT2D eigenvalue weighted by Gasteiger charge is 2.44. The molecule has 11 nitrogen and oxygen atoms in total. The molecule has 1 aliphatic heterocycles. The molecule has 1 aliphatic rings. The Kier molecular flexibility index (Phi) is 49.7. The van der Waals surface area contributed by atoms with Crippen LogP contribution in [0.1, 0.15) is 258 Å². The van der Waals surface area contributed by atoms with Crippen LogP contribution in [0.3, 0.4) is 0 Å². The van der Waals surface area contributed by atoms with Gasteiger partial charge in [-0.25, -0.2) is 0 Å². The molecule has 0 aromatic heterocycles. The van der Waals surface area contributed by atoms with E-state index in [2.05, 4.69) is 66.9 Å². The molecule has 0 saturated carbocycles. The second-order valence-electron chi connectivity index (χ2n) is 21.0. The average Bonchev–Trinajstić information content (AvgIpc) is 3.41. The molecule has 1 rings (SSSR count). The summed E-state index contributed by atoms with van der Waals surface area (Å²) in [6.45, 7) is 4.04. The van der Waals surface area contributed by atoms with Gasteiger partial charge in [0.05, 0.1) is 32.0 Å². The molecule has 7 atom stereocenters. The van der Waals surface area contributed by atoms with Gasteiger partial charge in [-0.2, -0.15) is 0 Å². The van der Waals surface area contributed by atoms with Crippen LogP contribution >= 0.6 is 0 Å². The monoisotopic (exact) mass is 1060 g/mol. The summed E-state index contributed by atoms with van der Waals surface area (Å²) in [5.74, 6) is -0.216. The van der Waals surface area contributed by atoms with Gasteiger partial charge in [0.15, 0.2) is 6.29 Å². The Hall–Kier alpha value is -2.90. The van der Waals surface area contributed by atoms with E-state index in [1.165, 1.54) is 148 Å². The Morgan fingerprint density at radius 1 is 0.520 bits per heavy atom. The minimum absolute atomic E-state index is 0.0117. The van der Waals surface area contributed by atoms with Gasteiger partial charge in [-0.1, -0.05) is 215 Å². The van der Waals surface area contributed by atoms with Crippen LogP contribution in [0, 0.1) is 0 Å². The second kappa shape index (κ2) is 53.1. The Morgan fingerprint density at radius 3 is 1.48 bits per heavy atom. The molecule has 11 heteroatoms. The van der Waals surface area contributed by atoms with Crippen LogP contribution in [0.25, 0.3) is 0 Å². The summed E-state index contributed by atoms with van der Waals surface area (Å²) >= 11 is 0. The molecule has 0 spiro atoms. The van der Waals surface area contributed by atoms with Gasteiger partial charge >= 0.3 is 5.97 Å². The van der Waals surface area contributed by atoms with Gasteiger partial charge in [0.1, 0.15) is 24.4 Å². The third kappa shape index (κ3) is 42.8. The maximum Gasteiger partial charge on any atom is 0.305 e. The van der Waals surface area contributed by atoms with Gasteiger partial charge in [-0.15, -0.1) is 0 Å². The third-order valence-corrected chi connectivity index (χ3v) is 14.1. The first-order valence-electron chi connectivity index (χ1n) is 30.7. The summed E-state index contributed by atoms with van der Waals surface area (Å²) in [7, 11) is 0. The molecule has 6 N–H and O–H groups in total. The average molecular weight is 1060 g/mol. The highest BCUT2D eigenvalue weighted by Crippen LogP contribution is 2.23. The second-order valence-corrected chi connectivity index (χ2v) is 21.0. The zero-order valence-corrected chi connectivity index (χ0v) is 47.7. The predicted octanol–water partition coefficient (Wildman–Crippen LogP) is 14.4. The summed E-state index contributed by atoms with van der Waals surface area (Å²) in [6, 6.07) is -0.837. The van der Waals surface area contributed by atoms with Crippen LogP contribution in [0.5, 0.6) is 0 Å². The lowest BCUT2D eigenvalue weighted by Gasteiger charge is -2.40. The lowest BCUT2D eigenvalue weighted by Crippen LogP contribution is -2.60. The molecule has 0 bridgehead atoms. The van der Waals surface area contributed by atoms with Crippen LogP contribution in [-0.4, -0.2) is 100 Å². The van der Waals surface area contributed by atoms with E-state index in [0.29, 0.717) is 19.4 Å². The summed E-state index contributed by atoms with van der Waals surface area (Å²) in [6.07, 6.45) is 60.4. The number of unbranched alkanes of at least 4 members (excludes halogenated alkanes) is 29. The van der Waals surface area contributed by atoms with Crippen molar-refractivity contribution in [3.63, 3.8) is 0 Å². The van der Waals surface area contributed by atoms with Gasteiger partial charge in [-0.3, -0.25) is 9.59 Å². The number of aliphatic hydroxyl groups excluding tert-OH is 5. The molecule has 0 radical (unpaired) electrons. The first-order valence-corrected chi connectivity index (χ1v) is 30.7. The summed E-state index contributed by atoms with van der Waals surface area (Å²) in [5.41, 5.74) is 0. The van der Waals surface area contributed by atoms with Gasteiger partial charge < -0.3 is 45.1 Å². The SMILES string of the molecule is C/C=C/CC/C=C/CC/C=C/C(O)C(COC1OC(CO)C(O)C(O)C1O)NC(=O)CCCCCCCCCCCCC/C=C\C/C=C\CCCCCCCCCCCOC(=O)CCCCCCC/C=C\CCCC.